The first kappa shape index (κ1) is 27.9. The molecule has 0 aliphatic carbocycles. The van der Waals surface area contributed by atoms with Crippen LogP contribution >= 0.6 is 0 Å². The van der Waals surface area contributed by atoms with Crippen molar-refractivity contribution in [2.45, 2.75) is 51.6 Å². The fraction of sp³-hybridized carbons (Fsp3) is 0.294. The van der Waals surface area contributed by atoms with Crippen LogP contribution in [-0.2, 0) is 29.0 Å². The van der Waals surface area contributed by atoms with Crippen LogP contribution in [0.2, 0.25) is 0 Å². The van der Waals surface area contributed by atoms with E-state index in [1.165, 1.54) is 0 Å². The Morgan fingerprint density at radius 1 is 0.872 bits per heavy atom. The number of amides is 2. The van der Waals surface area contributed by atoms with E-state index in [4.69, 9.17) is 4.74 Å². The fourth-order valence-electron chi connectivity index (χ4n) is 4.92. The van der Waals surface area contributed by atoms with Crippen LogP contribution < -0.4 is 10.1 Å². The molecule has 0 aliphatic rings. The molecule has 0 aromatic heterocycles. The largest absolute Gasteiger partial charge is 0.497 e. The first-order chi connectivity index (χ1) is 19.1. The number of carbonyl (C=O) groups excluding carboxylic acids is 2. The van der Waals surface area contributed by atoms with E-state index >= 15 is 0 Å². The molecule has 0 bridgehead atoms. The van der Waals surface area contributed by atoms with Crippen LogP contribution in [0, 0.1) is 0 Å². The van der Waals surface area contributed by atoms with Gasteiger partial charge in [0.05, 0.1) is 7.11 Å². The van der Waals surface area contributed by atoms with Crippen molar-refractivity contribution in [3.8, 4) is 5.75 Å². The predicted molar refractivity (Wildman–Crippen MR) is 158 cm³/mol. The van der Waals surface area contributed by atoms with Crippen molar-refractivity contribution in [1.82, 2.24) is 10.2 Å². The summed E-state index contributed by atoms with van der Waals surface area (Å²) in [5, 5.41) is 5.41. The summed E-state index contributed by atoms with van der Waals surface area (Å²) >= 11 is 0. The molecular formula is C34H38N2O3. The first-order valence-electron chi connectivity index (χ1n) is 13.8. The molecule has 5 heteroatoms. The van der Waals surface area contributed by atoms with E-state index in [-0.39, 0.29) is 11.8 Å². The van der Waals surface area contributed by atoms with Gasteiger partial charge in [-0.2, -0.15) is 0 Å². The minimum absolute atomic E-state index is 0.0441. The zero-order chi connectivity index (χ0) is 27.5. The maximum atomic E-state index is 14.0. The lowest BCUT2D eigenvalue weighted by Gasteiger charge is -2.32. The molecule has 1 unspecified atom stereocenters. The van der Waals surface area contributed by atoms with Crippen molar-refractivity contribution in [2.75, 3.05) is 13.7 Å². The highest BCUT2D eigenvalue weighted by Gasteiger charge is 2.30. The number of benzene rings is 4. The van der Waals surface area contributed by atoms with E-state index in [1.807, 2.05) is 72.8 Å². The molecule has 0 radical (unpaired) electrons. The number of carbonyl (C=O) groups is 2. The maximum absolute atomic E-state index is 14.0. The average Bonchev–Trinajstić information content (AvgIpc) is 2.98. The van der Waals surface area contributed by atoms with Crippen LogP contribution in [0.3, 0.4) is 0 Å². The van der Waals surface area contributed by atoms with Gasteiger partial charge in [-0.3, -0.25) is 9.59 Å². The van der Waals surface area contributed by atoms with Gasteiger partial charge in [0.1, 0.15) is 11.8 Å². The van der Waals surface area contributed by atoms with Gasteiger partial charge in [-0.25, -0.2) is 0 Å². The summed E-state index contributed by atoms with van der Waals surface area (Å²) in [4.78, 5) is 29.4. The monoisotopic (exact) mass is 522 g/mol. The van der Waals surface area contributed by atoms with Gasteiger partial charge < -0.3 is 15.0 Å². The van der Waals surface area contributed by atoms with Crippen LogP contribution in [0.1, 0.15) is 42.9 Å². The molecule has 4 aromatic rings. The molecule has 4 rings (SSSR count). The number of ether oxygens (including phenoxy) is 1. The smallest absolute Gasteiger partial charge is 0.243 e. The number of nitrogens with zero attached hydrogens (tertiary/aromatic N) is 1. The van der Waals surface area contributed by atoms with Crippen LogP contribution in [0.5, 0.6) is 5.75 Å². The van der Waals surface area contributed by atoms with Gasteiger partial charge in [0.25, 0.3) is 0 Å². The van der Waals surface area contributed by atoms with E-state index in [0.717, 1.165) is 46.1 Å². The predicted octanol–water partition coefficient (Wildman–Crippen LogP) is 6.34. The lowest BCUT2D eigenvalue weighted by Crippen LogP contribution is -2.50. The lowest BCUT2D eigenvalue weighted by molar-refractivity contribution is -0.141. The molecular weight excluding hydrogens is 484 g/mol. The van der Waals surface area contributed by atoms with E-state index in [2.05, 4.69) is 36.5 Å². The highest BCUT2D eigenvalue weighted by atomic mass is 16.5. The summed E-state index contributed by atoms with van der Waals surface area (Å²) in [6.45, 7) is 3.02. The third-order valence-corrected chi connectivity index (χ3v) is 7.08. The number of methoxy groups -OCH3 is 1. The Labute approximate surface area is 231 Å². The number of fused-ring (bicyclic) bond motifs is 1. The third-order valence-electron chi connectivity index (χ3n) is 7.08. The topological polar surface area (TPSA) is 58.6 Å². The van der Waals surface area contributed by atoms with Crippen molar-refractivity contribution in [3.63, 3.8) is 0 Å². The van der Waals surface area contributed by atoms with Gasteiger partial charge in [-0.15, -0.1) is 0 Å². The van der Waals surface area contributed by atoms with Gasteiger partial charge in [0.2, 0.25) is 11.8 Å². The van der Waals surface area contributed by atoms with Crippen LogP contribution in [0.15, 0.2) is 97.1 Å². The molecule has 0 aliphatic heterocycles. The second-order valence-corrected chi connectivity index (χ2v) is 9.86. The Kier molecular flexibility index (Phi) is 10.1. The van der Waals surface area contributed by atoms with Crippen LogP contribution in [-0.4, -0.2) is 36.4 Å². The second kappa shape index (κ2) is 14.1. The second-order valence-electron chi connectivity index (χ2n) is 9.86. The molecule has 0 heterocycles. The number of aryl methyl sites for hydroxylation is 1. The highest BCUT2D eigenvalue weighted by Crippen LogP contribution is 2.22. The zero-order valence-electron chi connectivity index (χ0n) is 22.9. The van der Waals surface area contributed by atoms with E-state index in [1.54, 1.807) is 12.0 Å². The van der Waals surface area contributed by atoms with E-state index in [0.29, 0.717) is 32.4 Å². The zero-order valence-corrected chi connectivity index (χ0v) is 22.9. The summed E-state index contributed by atoms with van der Waals surface area (Å²) in [6.07, 6.45) is 3.24. The number of rotatable bonds is 13. The van der Waals surface area contributed by atoms with Gasteiger partial charge in [0.15, 0.2) is 0 Å². The van der Waals surface area contributed by atoms with Crippen LogP contribution in [0.25, 0.3) is 10.8 Å². The quantitative estimate of drug-likeness (QED) is 0.209. The standard InChI is InChI=1S/C34H38N2O3/c1-3-4-22-35-34(38)32(24-26-12-6-5-7-13-26)36(25-27-14-10-18-30(23-27)39-2)33(37)21-20-29-17-11-16-28-15-8-9-19-31(28)29/h5-19,23,32H,3-4,20-22,24-25H2,1-2H3,(H,35,38). The minimum atomic E-state index is -0.629. The van der Waals surface area contributed by atoms with Gasteiger partial charge in [0, 0.05) is 25.9 Å². The minimum Gasteiger partial charge on any atom is -0.497 e. The van der Waals surface area contributed by atoms with E-state index < -0.39 is 6.04 Å². The molecule has 4 aromatic carbocycles. The molecule has 1 atom stereocenters. The Hall–Kier alpha value is -4.12. The molecule has 0 saturated carbocycles. The molecule has 0 fully saturated rings. The molecule has 202 valence electrons. The van der Waals surface area contributed by atoms with E-state index in [9.17, 15) is 9.59 Å². The molecule has 39 heavy (non-hydrogen) atoms. The van der Waals surface area contributed by atoms with Crippen molar-refractivity contribution in [1.29, 1.82) is 0 Å². The van der Waals surface area contributed by atoms with Crippen LogP contribution in [0.4, 0.5) is 0 Å². The average molecular weight is 523 g/mol. The Morgan fingerprint density at radius 2 is 1.59 bits per heavy atom. The Balaban J connectivity index is 1.64. The summed E-state index contributed by atoms with van der Waals surface area (Å²) < 4.78 is 5.43. The highest BCUT2D eigenvalue weighted by molar-refractivity contribution is 5.89. The number of nitrogens with one attached hydrogen (secondary N) is 1. The fourth-order valence-corrected chi connectivity index (χ4v) is 4.92. The summed E-state index contributed by atoms with van der Waals surface area (Å²) in [6, 6.07) is 31.4. The van der Waals surface area contributed by atoms with Gasteiger partial charge >= 0.3 is 0 Å². The number of unbranched alkanes of at least 4 members (excludes halogenated alkanes) is 1. The summed E-state index contributed by atoms with van der Waals surface area (Å²) in [5.74, 6) is 0.564. The van der Waals surface area contributed by atoms with Crippen molar-refractivity contribution in [2.24, 2.45) is 0 Å². The summed E-state index contributed by atoms with van der Waals surface area (Å²) in [5.41, 5.74) is 3.08. The Bertz CT molecular complexity index is 1360. The molecule has 1 N–H and O–H groups in total. The van der Waals surface area contributed by atoms with Crippen molar-refractivity contribution >= 4 is 22.6 Å². The number of hydrogen-bond acceptors (Lipinski definition) is 3. The Morgan fingerprint density at radius 3 is 2.38 bits per heavy atom. The summed E-state index contributed by atoms with van der Waals surface area (Å²) in [7, 11) is 1.63. The SMILES string of the molecule is CCCCNC(=O)C(Cc1ccccc1)N(Cc1cccc(OC)c1)C(=O)CCc1cccc2ccccc12. The number of hydrogen-bond donors (Lipinski definition) is 1. The first-order valence-corrected chi connectivity index (χ1v) is 13.8. The van der Waals surface area contributed by atoms with Gasteiger partial charge in [-0.1, -0.05) is 98.3 Å². The molecule has 2 amide bonds. The normalized spacial score (nSPS) is 11.6. The lowest BCUT2D eigenvalue weighted by atomic mass is 9.99. The van der Waals surface area contributed by atoms with Gasteiger partial charge in [-0.05, 0) is 52.4 Å². The maximum Gasteiger partial charge on any atom is 0.243 e. The van der Waals surface area contributed by atoms with Crippen molar-refractivity contribution in [3.05, 3.63) is 114 Å². The van der Waals surface area contributed by atoms with Crippen molar-refractivity contribution < 1.29 is 14.3 Å². The third kappa shape index (κ3) is 7.70. The molecule has 0 saturated heterocycles. The molecule has 5 nitrogen and oxygen atoms in total. The molecule has 0 spiro atoms.